The first-order valence-electron chi connectivity index (χ1n) is 6.74. The molecule has 2 N–H and O–H groups in total. The van der Waals surface area contributed by atoms with Gasteiger partial charge in [-0.05, 0) is 25.7 Å². The monoisotopic (exact) mass is 256 g/mol. The van der Waals surface area contributed by atoms with Crippen molar-refractivity contribution in [3.63, 3.8) is 0 Å². The molecule has 1 saturated heterocycles. The van der Waals surface area contributed by atoms with Crippen molar-refractivity contribution in [2.24, 2.45) is 0 Å². The van der Waals surface area contributed by atoms with Crippen LogP contribution < -0.4 is 5.32 Å². The lowest BCUT2D eigenvalue weighted by Gasteiger charge is -2.30. The molecule has 0 spiro atoms. The van der Waals surface area contributed by atoms with Gasteiger partial charge in [-0.15, -0.1) is 0 Å². The molecule has 0 saturated carbocycles. The average molecular weight is 256 g/mol. The zero-order valence-corrected chi connectivity index (χ0v) is 11.7. The van der Waals surface area contributed by atoms with E-state index in [9.17, 15) is 14.7 Å². The lowest BCUT2D eigenvalue weighted by Crippen LogP contribution is -2.48. The summed E-state index contributed by atoms with van der Waals surface area (Å²) in [6.45, 7) is 7.56. The van der Waals surface area contributed by atoms with E-state index in [0.29, 0.717) is 25.7 Å². The number of aliphatic hydroxyl groups is 1. The van der Waals surface area contributed by atoms with Gasteiger partial charge in [-0.3, -0.25) is 9.69 Å². The summed E-state index contributed by atoms with van der Waals surface area (Å²) in [7, 11) is 0. The minimum absolute atomic E-state index is 0.0758. The van der Waals surface area contributed by atoms with Crippen LogP contribution in [0.3, 0.4) is 0 Å². The minimum Gasteiger partial charge on any atom is -0.388 e. The summed E-state index contributed by atoms with van der Waals surface area (Å²) in [6.07, 6.45) is 2.18. The lowest BCUT2D eigenvalue weighted by molar-refractivity contribution is -0.134. The molecular weight excluding hydrogens is 232 g/mol. The average Bonchev–Trinajstić information content (AvgIpc) is 2.63. The summed E-state index contributed by atoms with van der Waals surface area (Å²) in [5, 5.41) is 13.0. The minimum atomic E-state index is -0.982. The number of rotatable bonds is 6. The maximum atomic E-state index is 12.3. The summed E-state index contributed by atoms with van der Waals surface area (Å²) in [4.78, 5) is 25.4. The van der Waals surface area contributed by atoms with Gasteiger partial charge in [0.1, 0.15) is 5.54 Å². The Morgan fingerprint density at radius 2 is 1.67 bits per heavy atom. The molecule has 0 radical (unpaired) electrons. The normalized spacial score (nSPS) is 19.3. The van der Waals surface area contributed by atoms with Crippen LogP contribution in [0.1, 0.15) is 53.4 Å². The second-order valence-corrected chi connectivity index (χ2v) is 5.04. The largest absolute Gasteiger partial charge is 0.388 e. The van der Waals surface area contributed by atoms with Crippen molar-refractivity contribution >= 4 is 11.9 Å². The van der Waals surface area contributed by atoms with Gasteiger partial charge in [-0.1, -0.05) is 27.7 Å². The Hall–Kier alpha value is -1.10. The maximum Gasteiger partial charge on any atom is 0.325 e. The number of carbonyl (C=O) groups is 2. The quantitative estimate of drug-likeness (QED) is 0.710. The van der Waals surface area contributed by atoms with E-state index in [0.717, 1.165) is 0 Å². The van der Waals surface area contributed by atoms with Crippen LogP contribution in [0.5, 0.6) is 0 Å². The number of nitrogens with one attached hydrogen (secondary N) is 1. The molecule has 18 heavy (non-hydrogen) atoms. The van der Waals surface area contributed by atoms with Crippen molar-refractivity contribution in [3.05, 3.63) is 0 Å². The number of amides is 3. The highest BCUT2D eigenvalue weighted by atomic mass is 16.3. The number of β-amino-alcohol motifs (C(OH)–C–C–N with tert-alkyl or cyclic N) is 1. The van der Waals surface area contributed by atoms with E-state index in [1.165, 1.54) is 4.90 Å². The third-order valence-electron chi connectivity index (χ3n) is 4.22. The van der Waals surface area contributed by atoms with Crippen LogP contribution >= 0.6 is 0 Å². The zero-order valence-electron chi connectivity index (χ0n) is 11.7. The van der Waals surface area contributed by atoms with Crippen LogP contribution in [0.4, 0.5) is 4.79 Å². The van der Waals surface area contributed by atoms with Crippen molar-refractivity contribution in [1.82, 2.24) is 10.2 Å². The van der Waals surface area contributed by atoms with Gasteiger partial charge in [0.25, 0.3) is 5.91 Å². The zero-order chi connectivity index (χ0) is 14.0. The van der Waals surface area contributed by atoms with Gasteiger partial charge >= 0.3 is 6.03 Å². The van der Waals surface area contributed by atoms with E-state index in [-0.39, 0.29) is 18.5 Å². The number of hydrogen-bond acceptors (Lipinski definition) is 3. The molecule has 1 rings (SSSR count). The molecule has 3 amide bonds. The van der Waals surface area contributed by atoms with Crippen molar-refractivity contribution in [2.75, 3.05) is 6.54 Å². The van der Waals surface area contributed by atoms with E-state index in [2.05, 4.69) is 5.32 Å². The van der Waals surface area contributed by atoms with Crippen molar-refractivity contribution in [1.29, 1.82) is 0 Å². The van der Waals surface area contributed by atoms with Crippen molar-refractivity contribution in [3.8, 4) is 0 Å². The highest BCUT2D eigenvalue weighted by molar-refractivity contribution is 6.07. The summed E-state index contributed by atoms with van der Waals surface area (Å²) in [5.74, 6) is -0.210. The molecule has 1 heterocycles. The van der Waals surface area contributed by atoms with Crippen LogP contribution in [0.25, 0.3) is 0 Å². The maximum absolute atomic E-state index is 12.3. The Morgan fingerprint density at radius 1 is 1.17 bits per heavy atom. The highest BCUT2D eigenvalue weighted by Crippen LogP contribution is 2.27. The third kappa shape index (κ3) is 2.36. The van der Waals surface area contributed by atoms with Gasteiger partial charge in [-0.2, -0.15) is 0 Å². The number of imide groups is 1. The first kappa shape index (κ1) is 15.0. The van der Waals surface area contributed by atoms with E-state index in [1.807, 2.05) is 27.7 Å². The van der Waals surface area contributed by atoms with Gasteiger partial charge < -0.3 is 10.4 Å². The Morgan fingerprint density at radius 3 is 2.00 bits per heavy atom. The molecule has 0 atom stereocenters. The predicted molar refractivity (Wildman–Crippen MR) is 69.1 cm³/mol. The summed E-state index contributed by atoms with van der Waals surface area (Å²) in [5.41, 5.74) is -1.76. The smallest absolute Gasteiger partial charge is 0.325 e. The lowest BCUT2D eigenvalue weighted by atomic mass is 9.92. The summed E-state index contributed by atoms with van der Waals surface area (Å²) < 4.78 is 0. The molecule has 0 unspecified atom stereocenters. The Balaban J connectivity index is 2.92. The molecular formula is C13H24N2O3. The third-order valence-corrected chi connectivity index (χ3v) is 4.22. The van der Waals surface area contributed by atoms with Gasteiger partial charge in [-0.25, -0.2) is 4.79 Å². The molecule has 0 aromatic heterocycles. The second kappa shape index (κ2) is 5.26. The van der Waals surface area contributed by atoms with Gasteiger partial charge in [0.15, 0.2) is 0 Å². The fourth-order valence-electron chi connectivity index (χ4n) is 2.32. The molecule has 0 bridgehead atoms. The molecule has 5 heteroatoms. The Kier molecular flexibility index (Phi) is 4.37. The van der Waals surface area contributed by atoms with Gasteiger partial charge in [0.05, 0.1) is 12.1 Å². The number of carbonyl (C=O) groups excluding carboxylic acids is 2. The van der Waals surface area contributed by atoms with Crippen LogP contribution in [0.2, 0.25) is 0 Å². The molecule has 0 aromatic carbocycles. The SMILES string of the molecule is CCC(O)(CC)CN1C(=O)NC(CC)(CC)C1=O. The van der Waals surface area contributed by atoms with Crippen LogP contribution in [0.15, 0.2) is 0 Å². The summed E-state index contributed by atoms with van der Waals surface area (Å²) >= 11 is 0. The fraction of sp³-hybridized carbons (Fsp3) is 0.846. The number of hydrogen-bond donors (Lipinski definition) is 2. The fourth-order valence-corrected chi connectivity index (χ4v) is 2.32. The molecule has 104 valence electrons. The second-order valence-electron chi connectivity index (χ2n) is 5.04. The predicted octanol–water partition coefficient (Wildman–Crippen LogP) is 1.65. The number of urea groups is 1. The molecule has 0 aromatic rings. The molecule has 1 fully saturated rings. The van der Waals surface area contributed by atoms with Crippen molar-refractivity contribution < 1.29 is 14.7 Å². The van der Waals surface area contributed by atoms with Gasteiger partial charge in [0.2, 0.25) is 0 Å². The van der Waals surface area contributed by atoms with Gasteiger partial charge in [0, 0.05) is 0 Å². The molecule has 5 nitrogen and oxygen atoms in total. The first-order chi connectivity index (χ1) is 8.38. The Bertz CT molecular complexity index is 333. The Labute approximate surface area is 109 Å². The van der Waals surface area contributed by atoms with Crippen LogP contribution in [0, 0.1) is 0 Å². The highest BCUT2D eigenvalue weighted by Gasteiger charge is 2.50. The summed E-state index contributed by atoms with van der Waals surface area (Å²) in [6, 6.07) is -0.385. The van der Waals surface area contributed by atoms with Crippen LogP contribution in [-0.2, 0) is 4.79 Å². The first-order valence-corrected chi connectivity index (χ1v) is 6.74. The molecule has 1 aliphatic rings. The van der Waals surface area contributed by atoms with Crippen LogP contribution in [-0.4, -0.2) is 39.6 Å². The standard InChI is InChI=1S/C13H24N2O3/c1-5-12(18,6-2)9-15-10(16)13(7-3,8-4)14-11(15)17/h18H,5-9H2,1-4H3,(H,14,17). The van der Waals surface area contributed by atoms with E-state index >= 15 is 0 Å². The molecule has 1 aliphatic heterocycles. The van der Waals surface area contributed by atoms with E-state index in [4.69, 9.17) is 0 Å². The van der Waals surface area contributed by atoms with E-state index in [1.54, 1.807) is 0 Å². The van der Waals surface area contributed by atoms with Crippen molar-refractivity contribution in [2.45, 2.75) is 64.5 Å². The number of nitrogens with zero attached hydrogens (tertiary/aromatic N) is 1. The molecule has 0 aliphatic carbocycles. The van der Waals surface area contributed by atoms with E-state index < -0.39 is 11.1 Å². The topological polar surface area (TPSA) is 69.6 Å².